The molecular formula is C29H32F3N6O6+. The number of aromatic amines is 1. The summed E-state index contributed by atoms with van der Waals surface area (Å²) in [6.07, 6.45) is -4.09. The largest absolute Gasteiger partial charge is 0.483 e. The van der Waals surface area contributed by atoms with Crippen LogP contribution in [0.2, 0.25) is 0 Å². The summed E-state index contributed by atoms with van der Waals surface area (Å²) >= 11 is 0. The molecule has 3 aromatic rings. The molecule has 2 aromatic carbocycles. The Bertz CT molecular complexity index is 1650. The number of carbonyl (C=O) groups is 2. The Labute approximate surface area is 250 Å². The molecule has 3 N–H and O–H groups in total. The van der Waals surface area contributed by atoms with Crippen LogP contribution >= 0.6 is 0 Å². The number of nitrogens with zero attached hydrogens (tertiary/aromatic N) is 5. The molecule has 1 aromatic heterocycles. The average Bonchev–Trinajstić information content (AvgIpc) is 3.35. The molecular weight excluding hydrogens is 585 g/mol. The van der Waals surface area contributed by atoms with Gasteiger partial charge in [0.1, 0.15) is 12.6 Å². The topological polar surface area (TPSA) is 162 Å². The van der Waals surface area contributed by atoms with Crippen LogP contribution in [-0.2, 0) is 27.0 Å². The number of quaternary nitrogens is 1. The molecule has 0 spiro atoms. The van der Waals surface area contributed by atoms with E-state index in [9.17, 15) is 33.1 Å². The van der Waals surface area contributed by atoms with E-state index in [0.29, 0.717) is 40.7 Å². The van der Waals surface area contributed by atoms with E-state index >= 15 is 0 Å². The molecule has 4 rings (SSSR count). The van der Waals surface area contributed by atoms with Crippen molar-refractivity contribution in [2.75, 3.05) is 39.3 Å². The Balaban J connectivity index is 0.00000169. The van der Waals surface area contributed by atoms with Crippen LogP contribution in [0, 0.1) is 11.3 Å². The fraction of sp³-hybridized carbons (Fsp3) is 0.345. The van der Waals surface area contributed by atoms with E-state index < -0.39 is 29.4 Å². The maximum Gasteiger partial charge on any atom is 0.416 e. The smallest absolute Gasteiger partial charge is 0.416 e. The average molecular weight is 618 g/mol. The highest BCUT2D eigenvalue weighted by Gasteiger charge is 2.41. The van der Waals surface area contributed by atoms with E-state index in [-0.39, 0.29) is 36.0 Å². The lowest BCUT2D eigenvalue weighted by molar-refractivity contribution is -0.903. The van der Waals surface area contributed by atoms with E-state index in [4.69, 9.17) is 14.6 Å². The summed E-state index contributed by atoms with van der Waals surface area (Å²) in [5.41, 5.74) is 0.229. The van der Waals surface area contributed by atoms with Crippen molar-refractivity contribution in [3.63, 3.8) is 0 Å². The van der Waals surface area contributed by atoms with Crippen LogP contribution in [0.4, 0.5) is 24.8 Å². The van der Waals surface area contributed by atoms with Crippen LogP contribution in [-0.4, -0.2) is 76.3 Å². The second-order valence-electron chi connectivity index (χ2n) is 10.5. The van der Waals surface area contributed by atoms with Crippen LogP contribution in [0.15, 0.2) is 58.5 Å². The molecule has 1 atom stereocenters. The van der Waals surface area contributed by atoms with Crippen molar-refractivity contribution >= 4 is 24.1 Å². The van der Waals surface area contributed by atoms with Gasteiger partial charge in [-0.15, -0.1) is 5.10 Å². The van der Waals surface area contributed by atoms with Gasteiger partial charge in [0.15, 0.2) is 0 Å². The van der Waals surface area contributed by atoms with Gasteiger partial charge >= 0.3 is 17.8 Å². The van der Waals surface area contributed by atoms with E-state index in [1.165, 1.54) is 28.7 Å². The molecule has 1 aliphatic heterocycles. The van der Waals surface area contributed by atoms with E-state index in [1.807, 2.05) is 14.1 Å². The van der Waals surface area contributed by atoms with Crippen molar-refractivity contribution in [1.29, 1.82) is 5.26 Å². The first-order chi connectivity index (χ1) is 20.7. The minimum Gasteiger partial charge on any atom is -0.483 e. The number of anilines is 2. The third-order valence-corrected chi connectivity index (χ3v) is 7.07. The van der Waals surface area contributed by atoms with Crippen molar-refractivity contribution in [3.8, 4) is 6.07 Å². The second kappa shape index (κ2) is 13.6. The number of nitriles is 1. The van der Waals surface area contributed by atoms with Gasteiger partial charge in [0.2, 0.25) is 5.95 Å². The highest BCUT2D eigenvalue weighted by Crippen LogP contribution is 2.43. The van der Waals surface area contributed by atoms with Gasteiger partial charge in [0.25, 0.3) is 6.47 Å². The van der Waals surface area contributed by atoms with Gasteiger partial charge in [-0.2, -0.15) is 18.4 Å². The number of aliphatic hydroxyl groups is 1. The first kappa shape index (κ1) is 33.6. The van der Waals surface area contributed by atoms with Crippen molar-refractivity contribution in [2.45, 2.75) is 32.1 Å². The molecule has 15 heteroatoms. The molecule has 0 fully saturated rings. The molecule has 0 unspecified atom stereocenters. The maximum absolute atomic E-state index is 13.6. The number of aromatic nitrogens is 3. The van der Waals surface area contributed by atoms with Gasteiger partial charge in [-0.05, 0) is 42.8 Å². The molecule has 234 valence electrons. The van der Waals surface area contributed by atoms with Gasteiger partial charge in [0, 0.05) is 30.0 Å². The van der Waals surface area contributed by atoms with Crippen molar-refractivity contribution in [3.05, 3.63) is 86.5 Å². The van der Waals surface area contributed by atoms with Crippen molar-refractivity contribution < 1.29 is 42.2 Å². The number of carboxylic acid groups (broad SMARTS) is 1. The monoisotopic (exact) mass is 617 g/mol. The Morgan fingerprint density at radius 3 is 2.52 bits per heavy atom. The zero-order chi connectivity index (χ0) is 32.8. The first-order valence-corrected chi connectivity index (χ1v) is 13.2. The van der Waals surface area contributed by atoms with Crippen molar-refractivity contribution in [2.24, 2.45) is 0 Å². The number of ether oxygens (including phenoxy) is 1. The molecule has 0 saturated carbocycles. The highest BCUT2D eigenvalue weighted by molar-refractivity contribution is 5.93. The summed E-state index contributed by atoms with van der Waals surface area (Å²) in [6.45, 7) is 2.29. The number of halogens is 3. The number of allylic oxidation sites excluding steroid dienone is 1. The number of hydrogen-bond acceptors (Lipinski definition) is 8. The highest BCUT2D eigenvalue weighted by atomic mass is 19.4. The SMILES string of the molecule is COC(=O)C1=C(C)N(c2cccc(C(F)(F)F)c2)c2n[nH]c(=O)n2[C@@H]1c1ccc(C#N)cc1C[N+](C)(C)CCCO.O=CO. The number of methoxy groups -OCH3 is 1. The lowest BCUT2D eigenvalue weighted by atomic mass is 9.89. The zero-order valence-corrected chi connectivity index (χ0v) is 24.4. The normalized spacial score (nSPS) is 14.7. The number of carbonyl (C=O) groups excluding carboxylic acids is 1. The third-order valence-electron chi connectivity index (χ3n) is 7.07. The summed E-state index contributed by atoms with van der Waals surface area (Å²) in [6, 6.07) is 10.5. The number of esters is 1. The van der Waals surface area contributed by atoms with Gasteiger partial charge in [-0.25, -0.2) is 19.3 Å². The Kier molecular flexibility index (Phi) is 10.4. The first-order valence-electron chi connectivity index (χ1n) is 13.2. The third kappa shape index (κ3) is 6.99. The summed E-state index contributed by atoms with van der Waals surface area (Å²) in [5.74, 6) is -0.804. The Hall–Kier alpha value is -4.94. The predicted octanol–water partition coefficient (Wildman–Crippen LogP) is 3.31. The van der Waals surface area contributed by atoms with Crippen LogP contribution in [0.25, 0.3) is 0 Å². The number of alkyl halides is 3. The van der Waals surface area contributed by atoms with Crippen LogP contribution < -0.4 is 10.6 Å². The number of fused-ring (bicyclic) bond motifs is 1. The molecule has 1 aliphatic rings. The van der Waals surface area contributed by atoms with Crippen molar-refractivity contribution in [1.82, 2.24) is 14.8 Å². The summed E-state index contributed by atoms with van der Waals surface area (Å²) in [5, 5.41) is 32.4. The minimum atomic E-state index is -4.62. The van der Waals surface area contributed by atoms with Gasteiger partial charge in [0.05, 0.1) is 50.5 Å². The van der Waals surface area contributed by atoms with Gasteiger partial charge in [-0.1, -0.05) is 12.1 Å². The lowest BCUT2D eigenvalue weighted by Crippen LogP contribution is -2.41. The number of aliphatic hydroxyl groups excluding tert-OH is 1. The molecule has 2 heterocycles. The molecule has 0 saturated heterocycles. The zero-order valence-electron chi connectivity index (χ0n) is 24.4. The molecule has 12 nitrogen and oxygen atoms in total. The van der Waals surface area contributed by atoms with E-state index in [0.717, 1.165) is 12.1 Å². The lowest BCUT2D eigenvalue weighted by Gasteiger charge is -2.37. The summed E-state index contributed by atoms with van der Waals surface area (Å²) in [7, 11) is 5.08. The summed E-state index contributed by atoms with van der Waals surface area (Å²) < 4.78 is 47.5. The number of rotatable bonds is 8. The minimum absolute atomic E-state index is 0.00294. The number of H-pyrrole nitrogens is 1. The number of hydrogen-bond donors (Lipinski definition) is 3. The van der Waals surface area contributed by atoms with Gasteiger partial charge < -0.3 is 19.4 Å². The Morgan fingerprint density at radius 2 is 1.93 bits per heavy atom. The van der Waals surface area contributed by atoms with Crippen LogP contribution in [0.1, 0.15) is 41.6 Å². The second-order valence-corrected chi connectivity index (χ2v) is 10.5. The quantitative estimate of drug-likeness (QED) is 0.196. The Morgan fingerprint density at radius 1 is 1.25 bits per heavy atom. The van der Waals surface area contributed by atoms with E-state index in [2.05, 4.69) is 16.3 Å². The number of nitrogens with one attached hydrogen (secondary N) is 1. The van der Waals surface area contributed by atoms with E-state index in [1.54, 1.807) is 25.1 Å². The summed E-state index contributed by atoms with van der Waals surface area (Å²) in [4.78, 5) is 36.3. The predicted molar refractivity (Wildman–Crippen MR) is 152 cm³/mol. The molecule has 0 amide bonds. The molecule has 0 bridgehead atoms. The number of benzene rings is 2. The van der Waals surface area contributed by atoms with Gasteiger partial charge in [-0.3, -0.25) is 9.69 Å². The molecule has 0 aliphatic carbocycles. The van der Waals surface area contributed by atoms with Crippen LogP contribution in [0.5, 0.6) is 0 Å². The molecule has 0 radical (unpaired) electrons. The standard InChI is InChI=1S/C28H29F3N6O4.CH2O2/c1-17-23(25(39)41-4)24(22-10-9-18(15-32)13-19(22)16-37(2,3)11-6-12-38)36-26(33-34-27(36)40)35(17)21-8-5-7-20(14-21)28(29,30)31;2-1-3/h5,7-10,13-14,24,38H,6,11-12,16H2,1-4H3;1H,(H,2,3)/p+1/t24-;/m1./s1. The molecule has 44 heavy (non-hydrogen) atoms. The fourth-order valence-corrected chi connectivity index (χ4v) is 5.20. The fourth-order valence-electron chi connectivity index (χ4n) is 5.20. The van der Waals surface area contributed by atoms with Crippen LogP contribution in [0.3, 0.4) is 0 Å². The maximum atomic E-state index is 13.6.